The molecule has 0 aliphatic carbocycles. The lowest BCUT2D eigenvalue weighted by Gasteiger charge is -2.06. The third kappa shape index (κ3) is 3.01. The van der Waals surface area contributed by atoms with Crippen molar-refractivity contribution in [2.75, 3.05) is 6.79 Å². The topological polar surface area (TPSA) is 72.8 Å². The van der Waals surface area contributed by atoms with Crippen molar-refractivity contribution >= 4 is 23.0 Å². The SMILES string of the molecule is Cc1cc(C(=O)NN=Cc2ccc3c(c2)OCO3)c2ccccc2n1. The van der Waals surface area contributed by atoms with Crippen LogP contribution in [0.5, 0.6) is 11.5 Å². The van der Waals surface area contributed by atoms with Crippen molar-refractivity contribution in [2.45, 2.75) is 6.92 Å². The van der Waals surface area contributed by atoms with E-state index in [1.807, 2.05) is 49.4 Å². The number of para-hydroxylation sites is 1. The van der Waals surface area contributed by atoms with Crippen LogP contribution in [0.15, 0.2) is 53.6 Å². The first-order valence-corrected chi connectivity index (χ1v) is 7.80. The predicted molar refractivity (Wildman–Crippen MR) is 94.1 cm³/mol. The molecule has 0 unspecified atom stereocenters. The fourth-order valence-corrected chi connectivity index (χ4v) is 2.71. The zero-order valence-electron chi connectivity index (χ0n) is 13.5. The number of aromatic nitrogens is 1. The Morgan fingerprint density at radius 2 is 2.00 bits per heavy atom. The molecule has 2 heterocycles. The van der Waals surface area contributed by atoms with Crippen molar-refractivity contribution in [1.82, 2.24) is 10.4 Å². The van der Waals surface area contributed by atoms with Crippen molar-refractivity contribution in [3.8, 4) is 11.5 Å². The lowest BCUT2D eigenvalue weighted by molar-refractivity contribution is 0.0956. The van der Waals surface area contributed by atoms with Gasteiger partial charge in [0, 0.05) is 11.1 Å². The molecule has 4 rings (SSSR count). The fraction of sp³-hybridized carbons (Fsp3) is 0.105. The minimum absolute atomic E-state index is 0.223. The number of nitrogens with zero attached hydrogens (tertiary/aromatic N) is 2. The summed E-state index contributed by atoms with van der Waals surface area (Å²) in [6, 6.07) is 14.8. The van der Waals surface area contributed by atoms with Crippen LogP contribution in [0, 0.1) is 6.92 Å². The maximum absolute atomic E-state index is 12.5. The highest BCUT2D eigenvalue weighted by Gasteiger charge is 2.13. The molecule has 1 aliphatic rings. The Morgan fingerprint density at radius 3 is 2.92 bits per heavy atom. The van der Waals surface area contributed by atoms with E-state index in [1.165, 1.54) is 0 Å². The summed E-state index contributed by atoms with van der Waals surface area (Å²) in [5, 5.41) is 4.83. The molecule has 2 aromatic carbocycles. The Balaban J connectivity index is 1.55. The highest BCUT2D eigenvalue weighted by Crippen LogP contribution is 2.31. The smallest absolute Gasteiger partial charge is 0.272 e. The summed E-state index contributed by atoms with van der Waals surface area (Å²) < 4.78 is 10.6. The van der Waals surface area contributed by atoms with E-state index in [9.17, 15) is 4.79 Å². The number of nitrogens with one attached hydrogen (secondary N) is 1. The van der Waals surface area contributed by atoms with Crippen LogP contribution in [-0.4, -0.2) is 23.9 Å². The molecule has 0 bridgehead atoms. The summed E-state index contributed by atoms with van der Waals surface area (Å²) in [5.74, 6) is 1.10. The number of fused-ring (bicyclic) bond motifs is 2. The second-order valence-corrected chi connectivity index (χ2v) is 5.64. The summed E-state index contributed by atoms with van der Waals surface area (Å²) in [4.78, 5) is 16.9. The molecular formula is C19H15N3O3. The first kappa shape index (κ1) is 15.1. The number of rotatable bonds is 3. The van der Waals surface area contributed by atoms with Gasteiger partial charge in [-0.25, -0.2) is 5.43 Å². The van der Waals surface area contributed by atoms with Crippen LogP contribution in [0.3, 0.4) is 0 Å². The number of amides is 1. The molecule has 25 heavy (non-hydrogen) atoms. The molecule has 0 radical (unpaired) electrons. The van der Waals surface area contributed by atoms with Crippen molar-refractivity contribution in [3.63, 3.8) is 0 Å². The fourth-order valence-electron chi connectivity index (χ4n) is 2.71. The summed E-state index contributed by atoms with van der Waals surface area (Å²) in [7, 11) is 0. The second kappa shape index (κ2) is 6.24. The van der Waals surface area contributed by atoms with Gasteiger partial charge >= 0.3 is 0 Å². The number of benzene rings is 2. The Bertz CT molecular complexity index is 998. The normalized spacial score (nSPS) is 12.7. The van der Waals surface area contributed by atoms with Gasteiger partial charge in [-0.1, -0.05) is 18.2 Å². The third-order valence-electron chi connectivity index (χ3n) is 3.87. The van der Waals surface area contributed by atoms with Gasteiger partial charge in [-0.3, -0.25) is 9.78 Å². The van der Waals surface area contributed by atoms with Gasteiger partial charge in [-0.05, 0) is 42.8 Å². The Morgan fingerprint density at radius 1 is 1.16 bits per heavy atom. The minimum atomic E-state index is -0.279. The van der Waals surface area contributed by atoms with Gasteiger partial charge in [-0.2, -0.15) is 5.10 Å². The quantitative estimate of drug-likeness (QED) is 0.591. The number of hydrogen-bond acceptors (Lipinski definition) is 5. The van der Waals surface area contributed by atoms with Crippen LogP contribution in [0.4, 0.5) is 0 Å². The maximum Gasteiger partial charge on any atom is 0.272 e. The van der Waals surface area contributed by atoms with Crippen molar-refractivity contribution < 1.29 is 14.3 Å². The Kier molecular flexibility index (Phi) is 3.78. The number of carbonyl (C=O) groups is 1. The highest BCUT2D eigenvalue weighted by atomic mass is 16.7. The molecule has 0 spiro atoms. The molecule has 3 aromatic rings. The number of ether oxygens (including phenoxy) is 2. The van der Waals surface area contributed by atoms with Gasteiger partial charge < -0.3 is 9.47 Å². The maximum atomic E-state index is 12.5. The van der Waals surface area contributed by atoms with Crippen LogP contribution in [0.25, 0.3) is 10.9 Å². The number of pyridine rings is 1. The molecule has 1 amide bonds. The van der Waals surface area contributed by atoms with E-state index >= 15 is 0 Å². The van der Waals surface area contributed by atoms with Crippen LogP contribution in [-0.2, 0) is 0 Å². The summed E-state index contributed by atoms with van der Waals surface area (Å²) >= 11 is 0. The van der Waals surface area contributed by atoms with E-state index in [0.29, 0.717) is 17.1 Å². The van der Waals surface area contributed by atoms with Crippen molar-refractivity contribution in [2.24, 2.45) is 5.10 Å². The second-order valence-electron chi connectivity index (χ2n) is 5.64. The van der Waals surface area contributed by atoms with Crippen molar-refractivity contribution in [1.29, 1.82) is 0 Å². The molecule has 1 aromatic heterocycles. The third-order valence-corrected chi connectivity index (χ3v) is 3.87. The molecule has 0 saturated carbocycles. The summed E-state index contributed by atoms with van der Waals surface area (Å²) in [6.45, 7) is 2.08. The first-order chi connectivity index (χ1) is 12.2. The molecule has 6 nitrogen and oxygen atoms in total. The average molecular weight is 333 g/mol. The van der Waals surface area contributed by atoms with Gasteiger partial charge in [0.2, 0.25) is 6.79 Å². The van der Waals surface area contributed by atoms with Gasteiger partial charge in [0.15, 0.2) is 11.5 Å². The van der Waals surface area contributed by atoms with E-state index < -0.39 is 0 Å². The molecule has 0 fully saturated rings. The molecule has 1 N–H and O–H groups in total. The summed E-state index contributed by atoms with van der Waals surface area (Å²) in [6.07, 6.45) is 1.57. The number of hydrazone groups is 1. The van der Waals surface area contributed by atoms with E-state index in [1.54, 1.807) is 12.3 Å². The molecule has 1 aliphatic heterocycles. The number of carbonyl (C=O) groups excluding carboxylic acids is 1. The van der Waals surface area contributed by atoms with E-state index in [-0.39, 0.29) is 12.7 Å². The zero-order valence-corrected chi connectivity index (χ0v) is 13.5. The lowest BCUT2D eigenvalue weighted by Crippen LogP contribution is -2.18. The standard InChI is InChI=1S/C19H15N3O3/c1-12-8-15(14-4-2-3-5-16(14)21-12)19(23)22-20-10-13-6-7-17-18(9-13)25-11-24-17/h2-10H,11H2,1H3,(H,22,23). The van der Waals surface area contributed by atoms with E-state index in [4.69, 9.17) is 9.47 Å². The minimum Gasteiger partial charge on any atom is -0.454 e. The number of aryl methyl sites for hydroxylation is 1. The van der Waals surface area contributed by atoms with E-state index in [2.05, 4.69) is 15.5 Å². The van der Waals surface area contributed by atoms with Gasteiger partial charge in [0.05, 0.1) is 17.3 Å². The van der Waals surface area contributed by atoms with Crippen LogP contribution in [0.1, 0.15) is 21.6 Å². The molecule has 0 saturated heterocycles. The lowest BCUT2D eigenvalue weighted by atomic mass is 10.1. The Hall–Kier alpha value is -3.41. The Labute approximate surface area is 144 Å². The van der Waals surface area contributed by atoms with Crippen LogP contribution in [0.2, 0.25) is 0 Å². The monoisotopic (exact) mass is 333 g/mol. The zero-order chi connectivity index (χ0) is 17.2. The summed E-state index contributed by atoms with van der Waals surface area (Å²) in [5.41, 5.74) is 5.48. The molecular weight excluding hydrogens is 318 g/mol. The largest absolute Gasteiger partial charge is 0.454 e. The van der Waals surface area contributed by atoms with Gasteiger partial charge in [-0.15, -0.1) is 0 Å². The van der Waals surface area contributed by atoms with E-state index in [0.717, 1.165) is 22.2 Å². The van der Waals surface area contributed by atoms with Gasteiger partial charge in [0.25, 0.3) is 5.91 Å². The molecule has 0 atom stereocenters. The number of hydrogen-bond donors (Lipinski definition) is 1. The first-order valence-electron chi connectivity index (χ1n) is 7.80. The van der Waals surface area contributed by atoms with Crippen molar-refractivity contribution in [3.05, 3.63) is 65.4 Å². The molecule has 124 valence electrons. The van der Waals surface area contributed by atoms with Crippen LogP contribution >= 0.6 is 0 Å². The van der Waals surface area contributed by atoms with Gasteiger partial charge in [0.1, 0.15) is 0 Å². The molecule has 6 heteroatoms. The average Bonchev–Trinajstić information content (AvgIpc) is 3.08. The predicted octanol–water partition coefficient (Wildman–Crippen LogP) is 3.04. The van der Waals surface area contributed by atoms with Crippen LogP contribution < -0.4 is 14.9 Å². The highest BCUT2D eigenvalue weighted by molar-refractivity contribution is 6.06.